The zero-order valence-electron chi connectivity index (χ0n) is 9.03. The minimum absolute atomic E-state index is 0.142. The average molecular weight is 217 g/mol. The molecule has 1 aromatic carbocycles. The highest BCUT2D eigenvalue weighted by Gasteiger charge is 2.41. The van der Waals surface area contributed by atoms with E-state index in [4.69, 9.17) is 0 Å². The maximum absolute atomic E-state index is 9.22. The van der Waals surface area contributed by atoms with Gasteiger partial charge in [0, 0.05) is 17.6 Å². The summed E-state index contributed by atoms with van der Waals surface area (Å²) >= 11 is 0. The number of aliphatic hydroxyl groups is 1. The Morgan fingerprint density at radius 1 is 1.44 bits per heavy atom. The molecule has 1 aromatic heterocycles. The van der Waals surface area contributed by atoms with Gasteiger partial charge >= 0.3 is 0 Å². The first-order chi connectivity index (χ1) is 7.81. The Balaban J connectivity index is 1.74. The molecule has 4 heteroatoms. The van der Waals surface area contributed by atoms with E-state index in [0.29, 0.717) is 0 Å². The SMILES string of the molecule is OCC1(CNc2ccc3nc[nH]c3c2)CC1. The van der Waals surface area contributed by atoms with Crippen molar-refractivity contribution in [3.63, 3.8) is 0 Å². The molecule has 16 heavy (non-hydrogen) atoms. The number of hydrogen-bond acceptors (Lipinski definition) is 3. The highest BCUT2D eigenvalue weighted by atomic mass is 16.3. The van der Waals surface area contributed by atoms with E-state index in [1.54, 1.807) is 6.33 Å². The van der Waals surface area contributed by atoms with E-state index in [2.05, 4.69) is 21.4 Å². The van der Waals surface area contributed by atoms with Gasteiger partial charge in [0.15, 0.2) is 0 Å². The summed E-state index contributed by atoms with van der Waals surface area (Å²) in [5.74, 6) is 0. The van der Waals surface area contributed by atoms with Crippen LogP contribution in [0.25, 0.3) is 11.0 Å². The van der Waals surface area contributed by atoms with Crippen LogP contribution in [0.2, 0.25) is 0 Å². The molecular weight excluding hydrogens is 202 g/mol. The minimum Gasteiger partial charge on any atom is -0.396 e. The summed E-state index contributed by atoms with van der Waals surface area (Å²) in [4.78, 5) is 7.26. The predicted octanol–water partition coefficient (Wildman–Crippen LogP) is 1.75. The number of fused-ring (bicyclic) bond motifs is 1. The number of rotatable bonds is 4. The molecule has 0 bridgehead atoms. The summed E-state index contributed by atoms with van der Waals surface area (Å²) < 4.78 is 0. The van der Waals surface area contributed by atoms with E-state index in [9.17, 15) is 5.11 Å². The molecule has 0 aliphatic heterocycles. The third-order valence-corrected chi connectivity index (χ3v) is 3.38. The van der Waals surface area contributed by atoms with Crippen molar-refractivity contribution in [2.24, 2.45) is 5.41 Å². The molecule has 0 spiro atoms. The lowest BCUT2D eigenvalue weighted by Crippen LogP contribution is -2.18. The summed E-state index contributed by atoms with van der Waals surface area (Å²) in [5, 5.41) is 12.6. The number of H-pyrrole nitrogens is 1. The fourth-order valence-electron chi connectivity index (χ4n) is 1.90. The summed E-state index contributed by atoms with van der Waals surface area (Å²) in [6.45, 7) is 1.13. The minimum atomic E-state index is 0.142. The molecule has 1 aliphatic carbocycles. The molecule has 84 valence electrons. The molecular formula is C12H15N3O. The molecule has 0 saturated heterocycles. The van der Waals surface area contributed by atoms with Crippen LogP contribution in [-0.4, -0.2) is 28.2 Å². The van der Waals surface area contributed by atoms with E-state index in [-0.39, 0.29) is 12.0 Å². The number of aliphatic hydroxyl groups excluding tert-OH is 1. The Kier molecular flexibility index (Phi) is 2.11. The molecule has 4 nitrogen and oxygen atoms in total. The van der Waals surface area contributed by atoms with Crippen molar-refractivity contribution in [3.8, 4) is 0 Å². The fraction of sp³-hybridized carbons (Fsp3) is 0.417. The quantitative estimate of drug-likeness (QED) is 0.731. The van der Waals surface area contributed by atoms with Crippen molar-refractivity contribution in [1.29, 1.82) is 0 Å². The third kappa shape index (κ3) is 1.65. The zero-order valence-corrected chi connectivity index (χ0v) is 9.03. The van der Waals surface area contributed by atoms with E-state index in [0.717, 1.165) is 36.1 Å². The number of aromatic amines is 1. The van der Waals surface area contributed by atoms with Crippen LogP contribution in [0.1, 0.15) is 12.8 Å². The molecule has 0 atom stereocenters. The Labute approximate surface area is 93.7 Å². The van der Waals surface area contributed by atoms with Gasteiger partial charge in [-0.1, -0.05) is 0 Å². The number of aromatic nitrogens is 2. The first-order valence-electron chi connectivity index (χ1n) is 5.59. The molecule has 1 heterocycles. The Morgan fingerprint density at radius 2 is 2.31 bits per heavy atom. The van der Waals surface area contributed by atoms with Crippen LogP contribution in [0.4, 0.5) is 5.69 Å². The molecule has 0 unspecified atom stereocenters. The maximum Gasteiger partial charge on any atom is 0.0931 e. The van der Waals surface area contributed by atoms with E-state index < -0.39 is 0 Å². The highest BCUT2D eigenvalue weighted by molar-refractivity contribution is 5.78. The smallest absolute Gasteiger partial charge is 0.0931 e. The summed E-state index contributed by atoms with van der Waals surface area (Å²) in [7, 11) is 0. The van der Waals surface area contributed by atoms with Gasteiger partial charge in [0.25, 0.3) is 0 Å². The van der Waals surface area contributed by atoms with Crippen molar-refractivity contribution >= 4 is 16.7 Å². The Bertz CT molecular complexity index is 502. The van der Waals surface area contributed by atoms with Crippen molar-refractivity contribution in [1.82, 2.24) is 9.97 Å². The number of hydrogen-bond donors (Lipinski definition) is 3. The number of benzene rings is 1. The molecule has 1 aliphatic rings. The van der Waals surface area contributed by atoms with Gasteiger partial charge < -0.3 is 15.4 Å². The van der Waals surface area contributed by atoms with Crippen LogP contribution in [0.3, 0.4) is 0 Å². The lowest BCUT2D eigenvalue weighted by atomic mass is 10.1. The van der Waals surface area contributed by atoms with Gasteiger partial charge in [-0.3, -0.25) is 0 Å². The third-order valence-electron chi connectivity index (χ3n) is 3.38. The number of nitrogens with one attached hydrogen (secondary N) is 2. The summed E-state index contributed by atoms with van der Waals surface area (Å²) in [5.41, 5.74) is 3.24. The molecule has 1 fully saturated rings. The van der Waals surface area contributed by atoms with Crippen LogP contribution in [0.15, 0.2) is 24.5 Å². The van der Waals surface area contributed by atoms with Crippen LogP contribution in [0, 0.1) is 5.41 Å². The van der Waals surface area contributed by atoms with Gasteiger partial charge in [-0.25, -0.2) is 4.98 Å². The molecule has 1 saturated carbocycles. The van der Waals surface area contributed by atoms with Crippen LogP contribution in [0.5, 0.6) is 0 Å². The second-order valence-electron chi connectivity index (χ2n) is 4.65. The second-order valence-corrected chi connectivity index (χ2v) is 4.65. The van der Waals surface area contributed by atoms with Gasteiger partial charge in [0.1, 0.15) is 0 Å². The summed E-state index contributed by atoms with van der Waals surface area (Å²) in [6, 6.07) is 6.07. The van der Waals surface area contributed by atoms with Crippen molar-refractivity contribution < 1.29 is 5.11 Å². The average Bonchev–Trinajstić information content (AvgIpc) is 2.96. The van der Waals surface area contributed by atoms with E-state index >= 15 is 0 Å². The first kappa shape index (κ1) is 9.66. The van der Waals surface area contributed by atoms with Gasteiger partial charge in [-0.15, -0.1) is 0 Å². The maximum atomic E-state index is 9.22. The predicted molar refractivity (Wildman–Crippen MR) is 63.3 cm³/mol. The van der Waals surface area contributed by atoms with Gasteiger partial charge in [-0.05, 0) is 31.0 Å². The number of imidazole rings is 1. The second kappa shape index (κ2) is 3.49. The summed E-state index contributed by atoms with van der Waals surface area (Å²) in [6.07, 6.45) is 3.95. The monoisotopic (exact) mass is 217 g/mol. The van der Waals surface area contributed by atoms with Crippen molar-refractivity contribution in [2.75, 3.05) is 18.5 Å². The van der Waals surface area contributed by atoms with Crippen molar-refractivity contribution in [2.45, 2.75) is 12.8 Å². The van der Waals surface area contributed by atoms with Crippen LogP contribution in [-0.2, 0) is 0 Å². The first-order valence-corrected chi connectivity index (χ1v) is 5.59. The molecule has 3 N–H and O–H groups in total. The standard InChI is InChI=1S/C12H15N3O/c16-7-12(3-4-12)6-13-9-1-2-10-11(5-9)15-8-14-10/h1-2,5,8,13,16H,3-4,6-7H2,(H,14,15). The topological polar surface area (TPSA) is 60.9 Å². The zero-order chi connectivity index (χ0) is 11.0. The normalized spacial score (nSPS) is 17.6. The molecule has 3 rings (SSSR count). The lowest BCUT2D eigenvalue weighted by molar-refractivity contribution is 0.220. The molecule has 0 radical (unpaired) electrons. The van der Waals surface area contributed by atoms with Gasteiger partial charge in [0.05, 0.1) is 24.0 Å². The lowest BCUT2D eigenvalue weighted by Gasteiger charge is -2.13. The fourth-order valence-corrected chi connectivity index (χ4v) is 1.90. The van der Waals surface area contributed by atoms with Crippen molar-refractivity contribution in [3.05, 3.63) is 24.5 Å². The highest BCUT2D eigenvalue weighted by Crippen LogP contribution is 2.44. The number of anilines is 1. The van der Waals surface area contributed by atoms with E-state index in [1.807, 2.05) is 12.1 Å². The van der Waals surface area contributed by atoms with Gasteiger partial charge in [-0.2, -0.15) is 0 Å². The Hall–Kier alpha value is -1.55. The van der Waals surface area contributed by atoms with Crippen LogP contribution >= 0.6 is 0 Å². The largest absolute Gasteiger partial charge is 0.396 e. The van der Waals surface area contributed by atoms with Crippen LogP contribution < -0.4 is 5.32 Å². The Morgan fingerprint density at radius 3 is 3.06 bits per heavy atom. The molecule has 0 amide bonds. The molecule has 2 aromatic rings. The van der Waals surface area contributed by atoms with E-state index in [1.165, 1.54) is 0 Å². The van der Waals surface area contributed by atoms with Gasteiger partial charge in [0.2, 0.25) is 0 Å². The number of nitrogens with zero attached hydrogens (tertiary/aromatic N) is 1.